The molecule has 0 aromatic carbocycles. The summed E-state index contributed by atoms with van der Waals surface area (Å²) in [6.07, 6.45) is 53.0. The van der Waals surface area contributed by atoms with Gasteiger partial charge in [-0.05, 0) is 12.8 Å². The third-order valence-electron chi connectivity index (χ3n) is 12.9. The second kappa shape index (κ2) is 45.6. The SMILES string of the molecule is CCCCCCCCCCCCCCCCCCCCCCCCCCCCCC(O)C(COP(=O)(O)OCC[N+](C)(C)C)NC(=O)CCCCCCCCCCCCCCC. The first-order chi connectivity index (χ1) is 30.0. The minimum Gasteiger partial charge on any atom is -0.391 e. The van der Waals surface area contributed by atoms with Crippen LogP contribution < -0.4 is 5.32 Å². The monoisotopic (exact) mass is 902 g/mol. The molecule has 0 aliphatic carbocycles. The van der Waals surface area contributed by atoms with Gasteiger partial charge in [0, 0.05) is 6.42 Å². The third kappa shape index (κ3) is 47.5. The van der Waals surface area contributed by atoms with Gasteiger partial charge in [-0.1, -0.05) is 264 Å². The average Bonchev–Trinajstić information content (AvgIpc) is 3.23. The van der Waals surface area contributed by atoms with E-state index in [9.17, 15) is 19.4 Å². The molecule has 0 aromatic rings. The molecule has 8 nitrogen and oxygen atoms in total. The maximum atomic E-state index is 12.9. The Balaban J connectivity index is 4.07. The van der Waals surface area contributed by atoms with Gasteiger partial charge in [0.25, 0.3) is 0 Å². The number of nitrogens with zero attached hydrogens (tertiary/aromatic N) is 1. The van der Waals surface area contributed by atoms with E-state index < -0.39 is 20.0 Å². The van der Waals surface area contributed by atoms with Crippen molar-refractivity contribution < 1.29 is 32.9 Å². The van der Waals surface area contributed by atoms with Crippen LogP contribution in [0.5, 0.6) is 0 Å². The van der Waals surface area contributed by atoms with Crippen LogP contribution in [0, 0.1) is 0 Å². The highest BCUT2D eigenvalue weighted by Crippen LogP contribution is 2.43. The van der Waals surface area contributed by atoms with E-state index in [0.29, 0.717) is 23.9 Å². The number of carbonyl (C=O) groups excluding carboxylic acids is 1. The Morgan fingerprint density at radius 2 is 0.774 bits per heavy atom. The first kappa shape index (κ1) is 61.5. The van der Waals surface area contributed by atoms with Crippen LogP contribution in [-0.2, 0) is 18.4 Å². The molecular weight excluding hydrogens is 792 g/mol. The Morgan fingerprint density at radius 3 is 1.08 bits per heavy atom. The summed E-state index contributed by atoms with van der Waals surface area (Å²) in [5, 5.41) is 14.0. The van der Waals surface area contributed by atoms with Crippen molar-refractivity contribution in [3.63, 3.8) is 0 Å². The van der Waals surface area contributed by atoms with Gasteiger partial charge in [0.05, 0.1) is 39.9 Å². The number of unbranched alkanes of at least 4 members (excludes halogenated alkanes) is 38. The number of hydrogen-bond donors (Lipinski definition) is 3. The summed E-state index contributed by atoms with van der Waals surface area (Å²) in [6, 6.07) is -0.754. The van der Waals surface area contributed by atoms with Crippen LogP contribution in [0.25, 0.3) is 0 Å². The van der Waals surface area contributed by atoms with Crippen LogP contribution in [0.2, 0.25) is 0 Å². The third-order valence-corrected chi connectivity index (χ3v) is 13.8. The number of phosphoric acid groups is 1. The zero-order valence-electron chi connectivity index (χ0n) is 42.4. The van der Waals surface area contributed by atoms with Crippen molar-refractivity contribution in [2.75, 3.05) is 40.9 Å². The van der Waals surface area contributed by atoms with Crippen LogP contribution in [0.1, 0.15) is 284 Å². The lowest BCUT2D eigenvalue weighted by molar-refractivity contribution is -0.870. The van der Waals surface area contributed by atoms with E-state index >= 15 is 0 Å². The van der Waals surface area contributed by atoms with Crippen molar-refractivity contribution in [1.29, 1.82) is 0 Å². The highest BCUT2D eigenvalue weighted by molar-refractivity contribution is 7.47. The molecule has 372 valence electrons. The molecule has 0 saturated carbocycles. The molecule has 0 radical (unpaired) electrons. The Kier molecular flexibility index (Phi) is 45.3. The topological polar surface area (TPSA) is 105 Å². The van der Waals surface area contributed by atoms with Gasteiger partial charge in [-0.15, -0.1) is 0 Å². The summed E-state index contributed by atoms with van der Waals surface area (Å²) in [5.74, 6) is -0.139. The number of likely N-dealkylation sites (N-methyl/N-ethyl adjacent to an activating group) is 1. The molecule has 0 bridgehead atoms. The van der Waals surface area contributed by atoms with Gasteiger partial charge >= 0.3 is 7.82 Å². The van der Waals surface area contributed by atoms with Crippen molar-refractivity contribution >= 4 is 13.7 Å². The van der Waals surface area contributed by atoms with Gasteiger partial charge in [0.15, 0.2) is 0 Å². The molecule has 0 saturated heterocycles. The van der Waals surface area contributed by atoms with Crippen LogP contribution in [0.4, 0.5) is 0 Å². The Bertz CT molecular complexity index is 978. The van der Waals surface area contributed by atoms with E-state index in [-0.39, 0.29) is 19.1 Å². The van der Waals surface area contributed by atoms with Crippen molar-refractivity contribution in [2.24, 2.45) is 0 Å². The summed E-state index contributed by atoms with van der Waals surface area (Å²) >= 11 is 0. The van der Waals surface area contributed by atoms with E-state index in [0.717, 1.165) is 38.5 Å². The number of phosphoric ester groups is 1. The molecule has 0 rings (SSSR count). The number of quaternary nitrogens is 1. The zero-order chi connectivity index (χ0) is 45.7. The van der Waals surface area contributed by atoms with E-state index in [2.05, 4.69) is 19.2 Å². The fourth-order valence-corrected chi connectivity index (χ4v) is 9.26. The van der Waals surface area contributed by atoms with Crippen molar-refractivity contribution in [3.05, 3.63) is 0 Å². The molecule has 0 fully saturated rings. The number of rotatable bonds is 51. The predicted octanol–water partition coefficient (Wildman–Crippen LogP) is 16.1. The lowest BCUT2D eigenvalue weighted by atomic mass is 10.0. The number of aliphatic hydroxyl groups excluding tert-OH is 1. The largest absolute Gasteiger partial charge is 0.472 e. The lowest BCUT2D eigenvalue weighted by Crippen LogP contribution is -2.46. The Labute approximate surface area is 387 Å². The summed E-state index contributed by atoms with van der Waals surface area (Å²) in [4.78, 5) is 23.2. The standard InChI is InChI=1S/C53H109N2O6P/c1-6-8-10-12-14-16-18-20-21-22-23-24-25-26-27-28-29-30-31-32-33-35-36-38-40-42-44-46-52(56)51(50-61-62(58,59)60-49-48-55(3,4)5)54-53(57)47-45-43-41-39-37-34-19-17-15-13-11-9-7-2/h51-52,56H,6-50H2,1-5H3,(H-,54,57,58,59)/p+1. The minimum atomic E-state index is -4.31. The molecule has 62 heavy (non-hydrogen) atoms. The molecule has 3 N–H and O–H groups in total. The van der Waals surface area contributed by atoms with E-state index in [1.807, 2.05) is 21.1 Å². The summed E-state index contributed by atoms with van der Waals surface area (Å²) in [7, 11) is 1.63. The van der Waals surface area contributed by atoms with E-state index in [1.165, 1.54) is 218 Å². The fourth-order valence-electron chi connectivity index (χ4n) is 8.52. The highest BCUT2D eigenvalue weighted by Gasteiger charge is 2.28. The highest BCUT2D eigenvalue weighted by atomic mass is 31.2. The molecule has 0 aliphatic heterocycles. The second-order valence-electron chi connectivity index (χ2n) is 20.3. The molecule has 1 amide bonds. The van der Waals surface area contributed by atoms with Crippen LogP contribution in [0.15, 0.2) is 0 Å². The smallest absolute Gasteiger partial charge is 0.391 e. The molecule has 0 aliphatic rings. The molecule has 0 heterocycles. The van der Waals surface area contributed by atoms with Crippen LogP contribution >= 0.6 is 7.82 Å². The molecule has 0 spiro atoms. The van der Waals surface area contributed by atoms with Gasteiger partial charge < -0.3 is 19.8 Å². The second-order valence-corrected chi connectivity index (χ2v) is 21.8. The maximum absolute atomic E-state index is 12.9. The number of hydrogen-bond acceptors (Lipinski definition) is 5. The average molecular weight is 902 g/mol. The zero-order valence-corrected chi connectivity index (χ0v) is 43.3. The van der Waals surface area contributed by atoms with E-state index in [4.69, 9.17) is 9.05 Å². The molecule has 9 heteroatoms. The lowest BCUT2D eigenvalue weighted by Gasteiger charge is -2.26. The van der Waals surface area contributed by atoms with Gasteiger partial charge in [0.2, 0.25) is 5.91 Å². The Hall–Kier alpha value is -0.500. The van der Waals surface area contributed by atoms with Crippen molar-refractivity contribution in [3.8, 4) is 0 Å². The minimum absolute atomic E-state index is 0.0789. The van der Waals surface area contributed by atoms with Crippen molar-refractivity contribution in [1.82, 2.24) is 5.32 Å². The van der Waals surface area contributed by atoms with Gasteiger partial charge in [0.1, 0.15) is 13.2 Å². The molecular formula is C53H110N2O6P+. The normalized spacial score (nSPS) is 14.0. The predicted molar refractivity (Wildman–Crippen MR) is 268 cm³/mol. The first-order valence-electron chi connectivity index (χ1n) is 27.4. The van der Waals surface area contributed by atoms with Crippen LogP contribution in [0.3, 0.4) is 0 Å². The fraction of sp³-hybridized carbons (Fsp3) is 0.981. The van der Waals surface area contributed by atoms with Gasteiger partial charge in [-0.2, -0.15) is 0 Å². The van der Waals surface area contributed by atoms with Crippen molar-refractivity contribution in [2.45, 2.75) is 296 Å². The number of aliphatic hydroxyl groups is 1. The number of carbonyl (C=O) groups is 1. The first-order valence-corrected chi connectivity index (χ1v) is 28.9. The maximum Gasteiger partial charge on any atom is 0.472 e. The van der Waals surface area contributed by atoms with E-state index in [1.54, 1.807) is 0 Å². The Morgan fingerprint density at radius 1 is 0.484 bits per heavy atom. The number of amides is 1. The summed E-state index contributed by atoms with van der Waals surface area (Å²) < 4.78 is 23.7. The van der Waals surface area contributed by atoms with Gasteiger partial charge in [-0.3, -0.25) is 13.8 Å². The summed E-state index contributed by atoms with van der Waals surface area (Å²) in [5.41, 5.74) is 0. The molecule has 3 atom stereocenters. The quantitative estimate of drug-likeness (QED) is 0.0319. The summed E-state index contributed by atoms with van der Waals surface area (Å²) in [6.45, 7) is 4.93. The molecule has 0 aromatic heterocycles. The molecule has 3 unspecified atom stereocenters. The van der Waals surface area contributed by atoms with Crippen LogP contribution in [-0.4, -0.2) is 73.4 Å². The number of nitrogens with one attached hydrogen (secondary N) is 1. The van der Waals surface area contributed by atoms with Gasteiger partial charge in [-0.25, -0.2) is 4.57 Å².